The Morgan fingerprint density at radius 3 is 2.39 bits per heavy atom. The SMILES string of the molecule is COCC(N)C(=O)NC1(CC(=O)OC)CCC1.Cl. The van der Waals surface area contributed by atoms with Gasteiger partial charge in [-0.15, -0.1) is 12.4 Å². The van der Waals surface area contributed by atoms with Crippen molar-refractivity contribution in [2.75, 3.05) is 20.8 Å². The molecule has 0 aromatic rings. The summed E-state index contributed by atoms with van der Waals surface area (Å²) >= 11 is 0. The van der Waals surface area contributed by atoms with E-state index in [0.29, 0.717) is 0 Å². The van der Waals surface area contributed by atoms with Crippen molar-refractivity contribution in [1.29, 1.82) is 0 Å². The second-order valence-electron chi connectivity index (χ2n) is 4.44. The van der Waals surface area contributed by atoms with Gasteiger partial charge < -0.3 is 20.5 Å². The maximum atomic E-state index is 11.7. The molecule has 1 rings (SSSR count). The molecule has 0 aromatic heterocycles. The summed E-state index contributed by atoms with van der Waals surface area (Å²) in [6, 6.07) is -0.699. The monoisotopic (exact) mass is 280 g/mol. The van der Waals surface area contributed by atoms with E-state index < -0.39 is 11.6 Å². The van der Waals surface area contributed by atoms with Gasteiger partial charge in [-0.2, -0.15) is 0 Å². The highest BCUT2D eigenvalue weighted by Gasteiger charge is 2.41. The average Bonchev–Trinajstić information content (AvgIpc) is 2.25. The van der Waals surface area contributed by atoms with Crippen LogP contribution in [0.5, 0.6) is 0 Å². The summed E-state index contributed by atoms with van der Waals surface area (Å²) in [5.41, 5.74) is 5.16. The first kappa shape index (κ1) is 17.2. The Bertz CT molecular complexity index is 295. The van der Waals surface area contributed by atoms with Crippen LogP contribution in [0.3, 0.4) is 0 Å². The molecule has 0 radical (unpaired) electrons. The van der Waals surface area contributed by atoms with Crippen molar-refractivity contribution in [3.05, 3.63) is 0 Å². The van der Waals surface area contributed by atoms with Crippen molar-refractivity contribution in [3.63, 3.8) is 0 Å². The number of hydrogen-bond donors (Lipinski definition) is 2. The van der Waals surface area contributed by atoms with Gasteiger partial charge in [0.25, 0.3) is 0 Å². The number of ether oxygens (including phenoxy) is 2. The van der Waals surface area contributed by atoms with Gasteiger partial charge in [0.15, 0.2) is 0 Å². The molecule has 1 amide bonds. The molecular formula is C11H21ClN2O4. The lowest BCUT2D eigenvalue weighted by Crippen LogP contribution is -2.59. The Morgan fingerprint density at radius 2 is 2.00 bits per heavy atom. The molecule has 6 nitrogen and oxygen atoms in total. The minimum Gasteiger partial charge on any atom is -0.469 e. The summed E-state index contributed by atoms with van der Waals surface area (Å²) < 4.78 is 9.44. The van der Waals surface area contributed by atoms with Crippen LogP contribution in [0, 0.1) is 0 Å². The summed E-state index contributed by atoms with van der Waals surface area (Å²) in [4.78, 5) is 23.0. The van der Waals surface area contributed by atoms with Crippen LogP contribution in [-0.4, -0.2) is 44.3 Å². The number of methoxy groups -OCH3 is 2. The molecule has 0 spiro atoms. The van der Waals surface area contributed by atoms with Crippen molar-refractivity contribution < 1.29 is 19.1 Å². The Kier molecular flexibility index (Phi) is 7.20. The van der Waals surface area contributed by atoms with Crippen LogP contribution in [0.4, 0.5) is 0 Å². The van der Waals surface area contributed by atoms with Crippen LogP contribution >= 0.6 is 12.4 Å². The van der Waals surface area contributed by atoms with E-state index in [4.69, 9.17) is 10.5 Å². The van der Waals surface area contributed by atoms with Gasteiger partial charge in [-0.05, 0) is 19.3 Å². The van der Waals surface area contributed by atoms with Gasteiger partial charge >= 0.3 is 5.97 Å². The summed E-state index contributed by atoms with van der Waals surface area (Å²) in [6.45, 7) is 0.167. The second kappa shape index (κ2) is 7.56. The normalized spacial score (nSPS) is 17.9. The van der Waals surface area contributed by atoms with E-state index in [0.717, 1.165) is 19.3 Å². The molecule has 1 fully saturated rings. The molecule has 0 bridgehead atoms. The highest BCUT2D eigenvalue weighted by Crippen LogP contribution is 2.35. The molecule has 1 unspecified atom stereocenters. The molecular weight excluding hydrogens is 260 g/mol. The predicted molar refractivity (Wildman–Crippen MR) is 68.5 cm³/mol. The van der Waals surface area contributed by atoms with E-state index in [2.05, 4.69) is 10.1 Å². The van der Waals surface area contributed by atoms with Crippen LogP contribution < -0.4 is 11.1 Å². The van der Waals surface area contributed by atoms with Gasteiger partial charge in [-0.25, -0.2) is 0 Å². The molecule has 18 heavy (non-hydrogen) atoms. The zero-order valence-electron chi connectivity index (χ0n) is 10.7. The molecule has 1 aliphatic carbocycles. The van der Waals surface area contributed by atoms with Crippen molar-refractivity contribution >= 4 is 24.3 Å². The third-order valence-corrected chi connectivity index (χ3v) is 3.09. The topological polar surface area (TPSA) is 90.6 Å². The van der Waals surface area contributed by atoms with Gasteiger partial charge in [-0.3, -0.25) is 9.59 Å². The fraction of sp³-hybridized carbons (Fsp3) is 0.818. The van der Waals surface area contributed by atoms with E-state index in [1.807, 2.05) is 0 Å². The maximum absolute atomic E-state index is 11.7. The van der Waals surface area contributed by atoms with Gasteiger partial charge in [-0.1, -0.05) is 0 Å². The molecule has 1 saturated carbocycles. The number of amides is 1. The minimum absolute atomic E-state index is 0. The Balaban J connectivity index is 0.00000289. The second-order valence-corrected chi connectivity index (χ2v) is 4.44. The maximum Gasteiger partial charge on any atom is 0.307 e. The number of halogens is 1. The Hall–Kier alpha value is -0.850. The number of nitrogens with one attached hydrogen (secondary N) is 1. The van der Waals surface area contributed by atoms with E-state index >= 15 is 0 Å². The molecule has 0 aliphatic heterocycles. The van der Waals surface area contributed by atoms with Crippen molar-refractivity contribution in [1.82, 2.24) is 5.32 Å². The number of esters is 1. The summed E-state index contributed by atoms with van der Waals surface area (Å²) in [5, 5.41) is 2.83. The van der Waals surface area contributed by atoms with Crippen LogP contribution in [-0.2, 0) is 19.1 Å². The predicted octanol–water partition coefficient (Wildman–Crippen LogP) is -0.0161. The number of nitrogens with two attached hydrogens (primary N) is 1. The van der Waals surface area contributed by atoms with E-state index in [1.165, 1.54) is 14.2 Å². The first-order valence-electron chi connectivity index (χ1n) is 5.66. The molecule has 1 atom stereocenters. The molecule has 106 valence electrons. The van der Waals surface area contributed by atoms with Gasteiger partial charge in [0, 0.05) is 7.11 Å². The standard InChI is InChI=1S/C11H20N2O4.ClH/c1-16-7-8(12)10(15)13-11(4-3-5-11)6-9(14)17-2;/h8H,3-7,12H2,1-2H3,(H,13,15);1H. The first-order chi connectivity index (χ1) is 8.03. The van der Waals surface area contributed by atoms with Crippen molar-refractivity contribution in [2.45, 2.75) is 37.3 Å². The lowest BCUT2D eigenvalue weighted by Gasteiger charge is -2.42. The highest BCUT2D eigenvalue weighted by atomic mass is 35.5. The molecule has 0 heterocycles. The lowest BCUT2D eigenvalue weighted by molar-refractivity contribution is -0.144. The molecule has 7 heteroatoms. The summed E-state index contributed by atoms with van der Waals surface area (Å²) in [6.07, 6.45) is 2.77. The quantitative estimate of drug-likeness (QED) is 0.668. The summed E-state index contributed by atoms with van der Waals surface area (Å²) in [7, 11) is 2.83. The van der Waals surface area contributed by atoms with E-state index in [9.17, 15) is 9.59 Å². The largest absolute Gasteiger partial charge is 0.469 e. The van der Waals surface area contributed by atoms with Crippen LogP contribution in [0.1, 0.15) is 25.7 Å². The Labute approximate surface area is 113 Å². The van der Waals surface area contributed by atoms with Gasteiger partial charge in [0.05, 0.1) is 25.7 Å². The minimum atomic E-state index is -0.699. The fourth-order valence-corrected chi connectivity index (χ4v) is 1.91. The number of carbonyl (C=O) groups is 2. The molecule has 0 aromatic carbocycles. The molecule has 1 aliphatic rings. The number of rotatable bonds is 6. The van der Waals surface area contributed by atoms with E-state index in [-0.39, 0.29) is 37.3 Å². The van der Waals surface area contributed by atoms with Crippen LogP contribution in [0.25, 0.3) is 0 Å². The Morgan fingerprint density at radius 1 is 1.39 bits per heavy atom. The fourth-order valence-electron chi connectivity index (χ4n) is 1.91. The average molecular weight is 281 g/mol. The van der Waals surface area contributed by atoms with Crippen molar-refractivity contribution in [3.8, 4) is 0 Å². The lowest BCUT2D eigenvalue weighted by atomic mass is 9.74. The number of hydrogen-bond acceptors (Lipinski definition) is 5. The van der Waals surface area contributed by atoms with E-state index in [1.54, 1.807) is 0 Å². The highest BCUT2D eigenvalue weighted by molar-refractivity contribution is 5.85. The zero-order chi connectivity index (χ0) is 12.9. The molecule has 3 N–H and O–H groups in total. The first-order valence-corrected chi connectivity index (χ1v) is 5.66. The summed E-state index contributed by atoms with van der Waals surface area (Å²) in [5.74, 6) is -0.597. The van der Waals surface area contributed by atoms with Crippen LogP contribution in [0.15, 0.2) is 0 Å². The van der Waals surface area contributed by atoms with Gasteiger partial charge in [0.2, 0.25) is 5.91 Å². The zero-order valence-corrected chi connectivity index (χ0v) is 11.5. The third-order valence-electron chi connectivity index (χ3n) is 3.09. The third kappa shape index (κ3) is 4.44. The number of carbonyl (C=O) groups excluding carboxylic acids is 2. The van der Waals surface area contributed by atoms with Gasteiger partial charge in [0.1, 0.15) is 6.04 Å². The van der Waals surface area contributed by atoms with Crippen LogP contribution in [0.2, 0.25) is 0 Å². The molecule has 0 saturated heterocycles. The van der Waals surface area contributed by atoms with Crippen molar-refractivity contribution in [2.24, 2.45) is 5.73 Å². The smallest absolute Gasteiger partial charge is 0.307 e.